The largest absolute Gasteiger partial charge is 0.465 e. The van der Waals surface area contributed by atoms with E-state index in [1.54, 1.807) is 21.6 Å². The van der Waals surface area contributed by atoms with Gasteiger partial charge in [-0.1, -0.05) is 236 Å². The van der Waals surface area contributed by atoms with Crippen molar-refractivity contribution < 1.29 is 38.1 Å². The second-order valence-corrected chi connectivity index (χ2v) is 25.0. The third-order valence-electron chi connectivity index (χ3n) is 15.0. The lowest BCUT2D eigenvalue weighted by Crippen LogP contribution is -2.41. The summed E-state index contributed by atoms with van der Waals surface area (Å²) in [6.07, 6.45) is 45.2. The summed E-state index contributed by atoms with van der Waals surface area (Å²) in [6, 6.07) is 0.253. The molecule has 464 valence electrons. The summed E-state index contributed by atoms with van der Waals surface area (Å²) in [4.78, 5) is 54.2. The summed E-state index contributed by atoms with van der Waals surface area (Å²) in [5.41, 5.74) is 5.43. The molecule has 11 nitrogen and oxygen atoms in total. The molecule has 2 atom stereocenters. The number of nitrogens with two attached hydrogens (primary N) is 1. The number of nitrogens with zero attached hydrogens (tertiary/aromatic N) is 1. The summed E-state index contributed by atoms with van der Waals surface area (Å²) in [6.45, 7) is 16.2. The van der Waals surface area contributed by atoms with E-state index in [4.69, 9.17) is 24.7 Å². The number of amides is 2. The van der Waals surface area contributed by atoms with E-state index in [9.17, 15) is 19.2 Å². The van der Waals surface area contributed by atoms with Crippen LogP contribution in [0.25, 0.3) is 0 Å². The number of carbonyl (C=O) groups is 4. The third kappa shape index (κ3) is 54.0. The molecule has 0 spiro atoms. The molecule has 0 radical (unpaired) electrons. The maximum absolute atomic E-state index is 14.2. The SMILES string of the molecule is CCCCCCCCCN(C(=O)CCSSCCNC(=O)CCOCCOCCN)C(CCCCCCCCC(=O)OCC(CCCC)CCCCCC)CCCCCCCCC(=O)OCC(CCCC)CCCCCC.Cl. The zero-order valence-electron chi connectivity index (χ0n) is 51.5. The van der Waals surface area contributed by atoms with Gasteiger partial charge in [0.1, 0.15) is 0 Å². The van der Waals surface area contributed by atoms with Gasteiger partial charge in [-0.25, -0.2) is 0 Å². The highest BCUT2D eigenvalue weighted by molar-refractivity contribution is 8.76. The molecule has 2 amide bonds. The van der Waals surface area contributed by atoms with Crippen molar-refractivity contribution in [3.05, 3.63) is 0 Å². The first-order valence-electron chi connectivity index (χ1n) is 32.7. The van der Waals surface area contributed by atoms with Crippen LogP contribution in [0.1, 0.15) is 298 Å². The number of unbranched alkanes of at least 4 members (excludes halogenated alkanes) is 24. The Morgan fingerprint density at radius 2 is 0.833 bits per heavy atom. The molecule has 0 aliphatic carbocycles. The van der Waals surface area contributed by atoms with E-state index in [0.717, 1.165) is 127 Å². The van der Waals surface area contributed by atoms with Gasteiger partial charge in [0.05, 0.1) is 39.6 Å². The summed E-state index contributed by atoms with van der Waals surface area (Å²) < 4.78 is 22.4. The van der Waals surface area contributed by atoms with Gasteiger partial charge in [-0.3, -0.25) is 19.2 Å². The predicted molar refractivity (Wildman–Crippen MR) is 338 cm³/mol. The van der Waals surface area contributed by atoms with Gasteiger partial charge in [-0.05, 0) is 69.6 Å². The third-order valence-corrected chi connectivity index (χ3v) is 17.4. The molecule has 14 heteroatoms. The Bertz CT molecular complexity index is 1250. The highest BCUT2D eigenvalue weighted by Crippen LogP contribution is 2.26. The monoisotopic (exact) mass is 1160 g/mol. The first kappa shape index (κ1) is 78.8. The van der Waals surface area contributed by atoms with E-state index in [2.05, 4.69) is 44.8 Å². The first-order valence-corrected chi connectivity index (χ1v) is 35.2. The molecule has 78 heavy (non-hydrogen) atoms. The van der Waals surface area contributed by atoms with Crippen LogP contribution in [-0.4, -0.2) is 105 Å². The van der Waals surface area contributed by atoms with Crippen LogP contribution in [0.2, 0.25) is 0 Å². The van der Waals surface area contributed by atoms with Gasteiger partial charge in [0.15, 0.2) is 0 Å². The van der Waals surface area contributed by atoms with E-state index < -0.39 is 0 Å². The molecular formula is C64H126ClN3O8S2. The van der Waals surface area contributed by atoms with Crippen LogP contribution in [0.15, 0.2) is 0 Å². The molecule has 0 rings (SSSR count). The van der Waals surface area contributed by atoms with Gasteiger partial charge in [0.25, 0.3) is 0 Å². The van der Waals surface area contributed by atoms with E-state index in [0.29, 0.717) is 90.2 Å². The standard InChI is InChI=1S/C64H125N3O8S2.ClH/c1-6-11-16-19-24-29-36-49-67(62(69)46-54-76-77-55-48-66-61(68)45-50-72-52-53-73-51-47-65)60(41-32-25-20-22-27-34-43-63(70)74-56-58(37-14-9-4)39-30-17-12-7-2)42-33-26-21-23-28-35-44-64(71)75-57-59(38-15-10-5)40-31-18-13-8-3;/h58-60H,6-57,65H2,1-5H3,(H,66,68);1H. The van der Waals surface area contributed by atoms with Crippen molar-refractivity contribution in [2.45, 2.75) is 304 Å². The molecular weight excluding hydrogens is 1040 g/mol. The Morgan fingerprint density at radius 1 is 0.436 bits per heavy atom. The van der Waals surface area contributed by atoms with Crippen molar-refractivity contribution in [1.29, 1.82) is 0 Å². The molecule has 0 aromatic rings. The predicted octanol–water partition coefficient (Wildman–Crippen LogP) is 17.5. The molecule has 0 saturated carbocycles. The summed E-state index contributed by atoms with van der Waals surface area (Å²) in [7, 11) is 3.45. The summed E-state index contributed by atoms with van der Waals surface area (Å²) in [5, 5.41) is 2.99. The van der Waals surface area contributed by atoms with Gasteiger partial charge in [-0.15, -0.1) is 12.4 Å². The highest BCUT2D eigenvalue weighted by atomic mass is 35.5. The van der Waals surface area contributed by atoms with Crippen LogP contribution in [0.4, 0.5) is 0 Å². The second-order valence-electron chi connectivity index (χ2n) is 22.3. The number of nitrogens with one attached hydrogen (secondary N) is 1. The number of hydrogen-bond acceptors (Lipinski definition) is 11. The lowest BCUT2D eigenvalue weighted by Gasteiger charge is -2.33. The van der Waals surface area contributed by atoms with Crippen LogP contribution in [-0.2, 0) is 38.1 Å². The molecule has 0 aromatic carbocycles. The van der Waals surface area contributed by atoms with Crippen LogP contribution >= 0.6 is 34.0 Å². The topological polar surface area (TPSA) is 146 Å². The molecule has 0 heterocycles. The molecule has 0 aliphatic heterocycles. The molecule has 0 bridgehead atoms. The fourth-order valence-electron chi connectivity index (χ4n) is 10.1. The molecule has 0 aliphatic rings. The van der Waals surface area contributed by atoms with Gasteiger partial charge in [0.2, 0.25) is 11.8 Å². The molecule has 0 aromatic heterocycles. The minimum Gasteiger partial charge on any atom is -0.465 e. The van der Waals surface area contributed by atoms with Crippen molar-refractivity contribution in [3.8, 4) is 0 Å². The number of ether oxygens (including phenoxy) is 4. The number of hydrogen-bond donors (Lipinski definition) is 2. The van der Waals surface area contributed by atoms with E-state index in [1.807, 2.05) is 0 Å². The average molecular weight is 1170 g/mol. The lowest BCUT2D eigenvalue weighted by atomic mass is 9.96. The Balaban J connectivity index is 0. The summed E-state index contributed by atoms with van der Waals surface area (Å²) in [5.74, 6) is 2.78. The normalized spacial score (nSPS) is 12.5. The Kier molecular flexibility index (Phi) is 64.0. The van der Waals surface area contributed by atoms with Crippen molar-refractivity contribution in [1.82, 2.24) is 10.2 Å². The van der Waals surface area contributed by atoms with Crippen LogP contribution in [0.3, 0.4) is 0 Å². The van der Waals surface area contributed by atoms with E-state index in [-0.39, 0.29) is 42.2 Å². The van der Waals surface area contributed by atoms with Gasteiger partial charge in [0, 0.05) is 62.9 Å². The quantitative estimate of drug-likeness (QED) is 0.0341. The molecule has 0 fully saturated rings. The minimum absolute atomic E-state index is 0. The number of rotatable bonds is 62. The highest BCUT2D eigenvalue weighted by Gasteiger charge is 2.23. The van der Waals surface area contributed by atoms with E-state index in [1.165, 1.54) is 128 Å². The first-order chi connectivity index (χ1) is 37.8. The second kappa shape index (κ2) is 63.3. The van der Waals surface area contributed by atoms with Crippen molar-refractivity contribution in [2.24, 2.45) is 17.6 Å². The minimum atomic E-state index is -0.0248. The molecule has 3 N–H and O–H groups in total. The fourth-order valence-corrected chi connectivity index (χ4v) is 12.0. The van der Waals surface area contributed by atoms with Crippen molar-refractivity contribution >= 4 is 57.7 Å². The summed E-state index contributed by atoms with van der Waals surface area (Å²) >= 11 is 0. The zero-order chi connectivity index (χ0) is 56.3. The molecule has 0 saturated heterocycles. The van der Waals surface area contributed by atoms with Gasteiger partial charge < -0.3 is 34.9 Å². The van der Waals surface area contributed by atoms with Gasteiger partial charge >= 0.3 is 11.9 Å². The van der Waals surface area contributed by atoms with Crippen LogP contribution in [0, 0.1) is 11.8 Å². The Morgan fingerprint density at radius 3 is 1.32 bits per heavy atom. The number of esters is 2. The van der Waals surface area contributed by atoms with E-state index >= 15 is 0 Å². The average Bonchev–Trinajstić information content (AvgIpc) is 3.43. The zero-order valence-corrected chi connectivity index (χ0v) is 54.0. The number of carbonyl (C=O) groups excluding carboxylic acids is 4. The lowest BCUT2D eigenvalue weighted by molar-refractivity contribution is -0.146. The number of halogens is 1. The Hall–Kier alpha value is -1.25. The fraction of sp³-hybridized carbons (Fsp3) is 0.938. The van der Waals surface area contributed by atoms with Crippen molar-refractivity contribution in [3.63, 3.8) is 0 Å². The van der Waals surface area contributed by atoms with Gasteiger partial charge in [-0.2, -0.15) is 0 Å². The smallest absolute Gasteiger partial charge is 0.305 e. The van der Waals surface area contributed by atoms with Crippen molar-refractivity contribution in [2.75, 3.05) is 70.8 Å². The van der Waals surface area contributed by atoms with Crippen LogP contribution < -0.4 is 11.1 Å². The maximum Gasteiger partial charge on any atom is 0.305 e. The molecule has 2 unspecified atom stereocenters. The maximum atomic E-state index is 14.2. The van der Waals surface area contributed by atoms with Crippen LogP contribution in [0.5, 0.6) is 0 Å². The Labute approximate surface area is 495 Å².